The van der Waals surface area contributed by atoms with E-state index in [1.165, 1.54) is 0 Å². The van der Waals surface area contributed by atoms with Gasteiger partial charge in [-0.2, -0.15) is 0 Å². The Kier molecular flexibility index (Phi) is 2.78. The molecular formula is C11H10N3O. The number of H-pyrrole nitrogens is 1. The van der Waals surface area contributed by atoms with Crippen LogP contribution >= 0.6 is 0 Å². The van der Waals surface area contributed by atoms with Crippen LogP contribution in [0.3, 0.4) is 0 Å². The standard InChI is InChI=1S/C11H10N3O/c15-11(9-4-2-1-3-5-9)14-8-10-12-6-7-13-10/h2-7H,8H2,(H,12,13)(H,14,15). The van der Waals surface area contributed by atoms with E-state index in [4.69, 9.17) is 0 Å². The minimum Gasteiger partial charge on any atom is -0.347 e. The van der Waals surface area contributed by atoms with Crippen LogP contribution in [0.5, 0.6) is 0 Å². The van der Waals surface area contributed by atoms with Gasteiger partial charge >= 0.3 is 0 Å². The molecule has 2 N–H and O–H groups in total. The molecule has 0 aliphatic rings. The van der Waals surface area contributed by atoms with Crippen molar-refractivity contribution in [1.82, 2.24) is 15.3 Å². The van der Waals surface area contributed by atoms with Crippen LogP contribution in [0.25, 0.3) is 0 Å². The van der Waals surface area contributed by atoms with Crippen LogP contribution in [0.1, 0.15) is 16.2 Å². The number of carbonyl (C=O) groups is 1. The summed E-state index contributed by atoms with van der Waals surface area (Å²) in [5.41, 5.74) is 0.625. The molecule has 0 unspecified atom stereocenters. The lowest BCUT2D eigenvalue weighted by Gasteiger charge is -2.02. The van der Waals surface area contributed by atoms with Crippen molar-refractivity contribution in [2.45, 2.75) is 6.54 Å². The highest BCUT2D eigenvalue weighted by Gasteiger charge is 2.03. The number of imidazole rings is 1. The Morgan fingerprint density at radius 3 is 2.93 bits per heavy atom. The molecular weight excluding hydrogens is 190 g/mol. The number of rotatable bonds is 3. The summed E-state index contributed by atoms with van der Waals surface area (Å²) in [6.07, 6.45) is 3.37. The van der Waals surface area contributed by atoms with E-state index in [1.54, 1.807) is 36.7 Å². The fourth-order valence-corrected chi connectivity index (χ4v) is 1.20. The van der Waals surface area contributed by atoms with Crippen LogP contribution in [-0.2, 0) is 6.54 Å². The van der Waals surface area contributed by atoms with E-state index >= 15 is 0 Å². The van der Waals surface area contributed by atoms with E-state index in [9.17, 15) is 4.79 Å². The quantitative estimate of drug-likeness (QED) is 0.780. The lowest BCUT2D eigenvalue weighted by Crippen LogP contribution is -2.23. The molecule has 0 aliphatic carbocycles. The Morgan fingerprint density at radius 1 is 1.47 bits per heavy atom. The highest BCUT2D eigenvalue weighted by atomic mass is 16.1. The van der Waals surface area contributed by atoms with Crippen molar-refractivity contribution in [2.75, 3.05) is 0 Å². The number of aromatic nitrogens is 2. The summed E-state index contributed by atoms with van der Waals surface area (Å²) in [4.78, 5) is 18.5. The van der Waals surface area contributed by atoms with Crippen LogP contribution < -0.4 is 5.32 Å². The molecule has 15 heavy (non-hydrogen) atoms. The topological polar surface area (TPSA) is 57.8 Å². The number of hydrogen-bond donors (Lipinski definition) is 2. The molecule has 0 saturated heterocycles. The summed E-state index contributed by atoms with van der Waals surface area (Å²) >= 11 is 0. The van der Waals surface area contributed by atoms with Gasteiger partial charge in [0.2, 0.25) is 0 Å². The molecule has 4 heteroatoms. The third-order valence-electron chi connectivity index (χ3n) is 1.95. The van der Waals surface area contributed by atoms with E-state index in [-0.39, 0.29) is 5.91 Å². The average Bonchev–Trinajstić information content (AvgIpc) is 2.80. The molecule has 1 aromatic heterocycles. The zero-order chi connectivity index (χ0) is 10.5. The second-order valence-electron chi connectivity index (χ2n) is 3.01. The van der Waals surface area contributed by atoms with E-state index in [1.807, 2.05) is 0 Å². The Labute approximate surface area is 87.4 Å². The van der Waals surface area contributed by atoms with Crippen LogP contribution in [0.2, 0.25) is 0 Å². The van der Waals surface area contributed by atoms with E-state index in [0.29, 0.717) is 12.1 Å². The molecule has 2 rings (SSSR count). The maximum Gasteiger partial charge on any atom is 0.251 e. The normalized spacial score (nSPS) is 9.87. The van der Waals surface area contributed by atoms with Crippen molar-refractivity contribution >= 4 is 5.91 Å². The van der Waals surface area contributed by atoms with Gasteiger partial charge in [0.15, 0.2) is 0 Å². The van der Waals surface area contributed by atoms with Crippen LogP contribution in [0, 0.1) is 6.07 Å². The van der Waals surface area contributed by atoms with Crippen LogP contribution in [0.15, 0.2) is 36.7 Å². The smallest absolute Gasteiger partial charge is 0.251 e. The van der Waals surface area contributed by atoms with Crippen molar-refractivity contribution in [3.8, 4) is 0 Å². The average molecular weight is 200 g/mol. The van der Waals surface area contributed by atoms with Crippen molar-refractivity contribution in [3.05, 3.63) is 54.1 Å². The molecule has 0 atom stereocenters. The Balaban J connectivity index is 1.94. The first-order chi connectivity index (χ1) is 7.36. The number of hydrogen-bond acceptors (Lipinski definition) is 2. The highest BCUT2D eigenvalue weighted by Crippen LogP contribution is 1.98. The summed E-state index contributed by atoms with van der Waals surface area (Å²) in [5.74, 6) is 0.631. The summed E-state index contributed by atoms with van der Waals surface area (Å²) in [6.45, 7) is 0.407. The van der Waals surface area contributed by atoms with Gasteiger partial charge in [-0.25, -0.2) is 4.98 Å². The molecule has 0 aliphatic heterocycles. The Hall–Kier alpha value is -2.10. The molecule has 0 fully saturated rings. The molecule has 2 aromatic rings. The van der Waals surface area contributed by atoms with Gasteiger partial charge in [0.05, 0.1) is 6.54 Å². The van der Waals surface area contributed by atoms with Gasteiger partial charge in [-0.05, 0) is 18.2 Å². The molecule has 1 radical (unpaired) electrons. The number of benzene rings is 1. The predicted octanol–water partition coefficient (Wildman–Crippen LogP) is 1.14. The second kappa shape index (κ2) is 4.41. The molecule has 0 bridgehead atoms. The molecule has 0 spiro atoms. The molecule has 75 valence electrons. The zero-order valence-electron chi connectivity index (χ0n) is 8.03. The summed E-state index contributed by atoms with van der Waals surface area (Å²) in [6, 6.07) is 9.72. The van der Waals surface area contributed by atoms with Gasteiger partial charge in [0.25, 0.3) is 5.91 Å². The lowest BCUT2D eigenvalue weighted by atomic mass is 10.2. The fraction of sp³-hybridized carbons (Fsp3) is 0.0909. The van der Waals surface area contributed by atoms with Crippen molar-refractivity contribution in [3.63, 3.8) is 0 Å². The van der Waals surface area contributed by atoms with Gasteiger partial charge < -0.3 is 10.3 Å². The van der Waals surface area contributed by atoms with E-state index in [2.05, 4.69) is 21.4 Å². The summed E-state index contributed by atoms with van der Waals surface area (Å²) in [7, 11) is 0. The van der Waals surface area contributed by atoms with Gasteiger partial charge in [-0.15, -0.1) is 0 Å². The second-order valence-corrected chi connectivity index (χ2v) is 3.01. The molecule has 1 aromatic carbocycles. The SMILES string of the molecule is O=C(NCc1ncc[nH]1)c1cc[c]cc1. The molecule has 4 nitrogen and oxygen atoms in total. The van der Waals surface area contributed by atoms with Crippen molar-refractivity contribution < 1.29 is 4.79 Å². The zero-order valence-corrected chi connectivity index (χ0v) is 8.03. The lowest BCUT2D eigenvalue weighted by molar-refractivity contribution is 0.0950. The predicted molar refractivity (Wildman–Crippen MR) is 55.0 cm³/mol. The molecule has 1 amide bonds. The third kappa shape index (κ3) is 2.43. The number of nitrogens with one attached hydrogen (secondary N) is 2. The van der Waals surface area contributed by atoms with Gasteiger partial charge in [0.1, 0.15) is 5.82 Å². The van der Waals surface area contributed by atoms with E-state index < -0.39 is 0 Å². The maximum atomic E-state index is 11.6. The minimum absolute atomic E-state index is 0.111. The summed E-state index contributed by atoms with van der Waals surface area (Å²) < 4.78 is 0. The number of carbonyl (C=O) groups excluding carboxylic acids is 1. The molecule has 1 heterocycles. The first-order valence-electron chi connectivity index (χ1n) is 4.59. The largest absolute Gasteiger partial charge is 0.347 e. The fourth-order valence-electron chi connectivity index (χ4n) is 1.20. The first kappa shape index (κ1) is 9.45. The number of amides is 1. The Bertz CT molecular complexity index is 422. The number of nitrogens with zero attached hydrogens (tertiary/aromatic N) is 1. The van der Waals surface area contributed by atoms with Crippen molar-refractivity contribution in [1.29, 1.82) is 0 Å². The monoisotopic (exact) mass is 200 g/mol. The third-order valence-corrected chi connectivity index (χ3v) is 1.95. The van der Waals surface area contributed by atoms with E-state index in [0.717, 1.165) is 5.82 Å². The minimum atomic E-state index is -0.111. The van der Waals surface area contributed by atoms with Gasteiger partial charge in [0, 0.05) is 18.0 Å². The first-order valence-corrected chi connectivity index (χ1v) is 4.59. The van der Waals surface area contributed by atoms with Gasteiger partial charge in [-0.1, -0.05) is 12.1 Å². The van der Waals surface area contributed by atoms with Crippen LogP contribution in [-0.4, -0.2) is 15.9 Å². The van der Waals surface area contributed by atoms with Gasteiger partial charge in [-0.3, -0.25) is 4.79 Å². The highest BCUT2D eigenvalue weighted by molar-refractivity contribution is 5.93. The Morgan fingerprint density at radius 2 is 2.27 bits per heavy atom. The number of aromatic amines is 1. The van der Waals surface area contributed by atoms with Crippen LogP contribution in [0.4, 0.5) is 0 Å². The molecule has 0 saturated carbocycles. The maximum absolute atomic E-state index is 11.6. The van der Waals surface area contributed by atoms with Crippen molar-refractivity contribution in [2.24, 2.45) is 0 Å². The summed E-state index contributed by atoms with van der Waals surface area (Å²) in [5, 5.41) is 2.75.